The van der Waals surface area contributed by atoms with E-state index in [0.717, 1.165) is 12.8 Å². The highest BCUT2D eigenvalue weighted by Gasteiger charge is 2.43. The van der Waals surface area contributed by atoms with E-state index in [9.17, 15) is 19.6 Å². The number of ether oxygens (including phenoxy) is 1. The zero-order chi connectivity index (χ0) is 18.7. The maximum Gasteiger partial charge on any atom is 0.312 e. The van der Waals surface area contributed by atoms with Crippen molar-refractivity contribution < 1.29 is 14.3 Å². The number of esters is 1. The molecule has 1 aromatic carbocycles. The third kappa shape index (κ3) is 3.72. The van der Waals surface area contributed by atoms with Crippen LogP contribution in [0.25, 0.3) is 10.8 Å². The summed E-state index contributed by atoms with van der Waals surface area (Å²) >= 11 is 0. The number of amides is 1. The van der Waals surface area contributed by atoms with Crippen molar-refractivity contribution in [2.45, 2.75) is 31.7 Å². The van der Waals surface area contributed by atoms with Gasteiger partial charge in [-0.25, -0.2) is 5.10 Å². The van der Waals surface area contributed by atoms with E-state index in [4.69, 9.17) is 4.74 Å². The summed E-state index contributed by atoms with van der Waals surface area (Å²) in [5, 5.41) is 19.1. The van der Waals surface area contributed by atoms with Gasteiger partial charge in [0, 0.05) is 5.39 Å². The van der Waals surface area contributed by atoms with Crippen LogP contribution < -0.4 is 10.9 Å². The Morgan fingerprint density at radius 3 is 2.73 bits per heavy atom. The summed E-state index contributed by atoms with van der Waals surface area (Å²) < 4.78 is 4.99. The van der Waals surface area contributed by atoms with E-state index in [0.29, 0.717) is 16.5 Å². The van der Waals surface area contributed by atoms with Gasteiger partial charge in [0.25, 0.3) is 11.5 Å². The van der Waals surface area contributed by atoms with Crippen molar-refractivity contribution in [1.82, 2.24) is 15.5 Å². The van der Waals surface area contributed by atoms with Crippen LogP contribution in [0, 0.1) is 17.2 Å². The summed E-state index contributed by atoms with van der Waals surface area (Å²) in [5.41, 5.74) is -0.904. The maximum atomic E-state index is 12.0. The van der Waals surface area contributed by atoms with Crippen molar-refractivity contribution in [2.75, 3.05) is 6.61 Å². The number of hydrogen-bond donors (Lipinski definition) is 2. The van der Waals surface area contributed by atoms with Crippen LogP contribution >= 0.6 is 0 Å². The van der Waals surface area contributed by atoms with Crippen LogP contribution in [-0.2, 0) is 20.7 Å². The van der Waals surface area contributed by atoms with Crippen LogP contribution in [0.1, 0.15) is 25.5 Å². The molecule has 1 amide bonds. The Bertz CT molecular complexity index is 958. The SMILES string of the molecule is C[C@@](C#N)(NC(=O)COC(=O)Cc1n[nH]c(=O)c2ccccc12)C1CC1. The quantitative estimate of drug-likeness (QED) is 0.740. The fourth-order valence-corrected chi connectivity index (χ4v) is 2.85. The second-order valence-corrected chi connectivity index (χ2v) is 6.52. The van der Waals surface area contributed by atoms with Crippen LogP contribution in [0.15, 0.2) is 29.1 Å². The smallest absolute Gasteiger partial charge is 0.312 e. The van der Waals surface area contributed by atoms with E-state index in [-0.39, 0.29) is 17.9 Å². The van der Waals surface area contributed by atoms with Crippen molar-refractivity contribution in [2.24, 2.45) is 5.92 Å². The zero-order valence-electron chi connectivity index (χ0n) is 14.2. The summed E-state index contributed by atoms with van der Waals surface area (Å²) in [5.74, 6) is -1.02. The molecule has 134 valence electrons. The second-order valence-electron chi connectivity index (χ2n) is 6.52. The molecule has 1 fully saturated rings. The van der Waals surface area contributed by atoms with Crippen molar-refractivity contribution in [1.29, 1.82) is 5.26 Å². The Morgan fingerprint density at radius 2 is 2.08 bits per heavy atom. The van der Waals surface area contributed by atoms with Crippen LogP contribution in [0.2, 0.25) is 0 Å². The lowest BCUT2D eigenvalue weighted by Gasteiger charge is -2.22. The van der Waals surface area contributed by atoms with Crippen molar-refractivity contribution in [3.05, 3.63) is 40.3 Å². The third-order valence-electron chi connectivity index (χ3n) is 4.48. The fourth-order valence-electron chi connectivity index (χ4n) is 2.85. The Kier molecular flexibility index (Phi) is 4.71. The summed E-state index contributed by atoms with van der Waals surface area (Å²) in [4.78, 5) is 35.7. The van der Waals surface area contributed by atoms with E-state index < -0.39 is 24.0 Å². The van der Waals surface area contributed by atoms with Gasteiger partial charge >= 0.3 is 5.97 Å². The first-order valence-corrected chi connectivity index (χ1v) is 8.27. The molecule has 0 aliphatic heterocycles. The van der Waals surface area contributed by atoms with E-state index in [2.05, 4.69) is 21.6 Å². The van der Waals surface area contributed by atoms with Crippen molar-refractivity contribution >= 4 is 22.6 Å². The molecular weight excluding hydrogens is 336 g/mol. The Hall–Kier alpha value is -3.21. The summed E-state index contributed by atoms with van der Waals surface area (Å²) in [6.45, 7) is 1.20. The molecule has 0 saturated heterocycles. The lowest BCUT2D eigenvalue weighted by Crippen LogP contribution is -2.48. The molecule has 0 bridgehead atoms. The van der Waals surface area contributed by atoms with Gasteiger partial charge < -0.3 is 10.1 Å². The highest BCUT2D eigenvalue weighted by molar-refractivity contribution is 5.87. The van der Waals surface area contributed by atoms with Gasteiger partial charge in [-0.2, -0.15) is 10.4 Å². The number of fused-ring (bicyclic) bond motifs is 1. The number of aromatic amines is 1. The van der Waals surface area contributed by atoms with Gasteiger partial charge in [0.1, 0.15) is 5.54 Å². The fraction of sp³-hybridized carbons (Fsp3) is 0.389. The Morgan fingerprint density at radius 1 is 1.38 bits per heavy atom. The first kappa shape index (κ1) is 17.6. The summed E-state index contributed by atoms with van der Waals surface area (Å²) in [6.07, 6.45) is 1.62. The topological polar surface area (TPSA) is 125 Å². The molecule has 1 atom stereocenters. The summed E-state index contributed by atoms with van der Waals surface area (Å²) in [7, 11) is 0. The van der Waals surface area contributed by atoms with Gasteiger partial charge in [0.05, 0.1) is 23.6 Å². The number of nitriles is 1. The van der Waals surface area contributed by atoms with Gasteiger partial charge in [-0.1, -0.05) is 18.2 Å². The van der Waals surface area contributed by atoms with Crippen molar-refractivity contribution in [3.8, 4) is 6.07 Å². The Balaban J connectivity index is 1.60. The molecule has 0 spiro atoms. The lowest BCUT2D eigenvalue weighted by molar-refractivity contribution is -0.148. The number of rotatable bonds is 6. The average molecular weight is 354 g/mol. The molecule has 1 aliphatic rings. The first-order valence-electron chi connectivity index (χ1n) is 8.27. The molecule has 8 heteroatoms. The molecule has 0 radical (unpaired) electrons. The average Bonchev–Trinajstić information content (AvgIpc) is 3.48. The highest BCUT2D eigenvalue weighted by Crippen LogP contribution is 2.39. The minimum Gasteiger partial charge on any atom is -0.455 e. The summed E-state index contributed by atoms with van der Waals surface area (Å²) in [6, 6.07) is 8.90. The number of nitrogens with zero attached hydrogens (tertiary/aromatic N) is 2. The Labute approximate surface area is 149 Å². The number of carbonyl (C=O) groups is 2. The molecule has 1 aromatic heterocycles. The molecular formula is C18H18N4O4. The monoisotopic (exact) mass is 354 g/mol. The van der Waals surface area contributed by atoms with Gasteiger partial charge in [0.2, 0.25) is 0 Å². The minimum absolute atomic E-state index is 0.142. The van der Waals surface area contributed by atoms with E-state index in [1.807, 2.05) is 0 Å². The van der Waals surface area contributed by atoms with Gasteiger partial charge in [0.15, 0.2) is 6.61 Å². The number of aromatic nitrogens is 2. The molecule has 2 aromatic rings. The zero-order valence-corrected chi connectivity index (χ0v) is 14.2. The lowest BCUT2D eigenvalue weighted by atomic mass is 9.98. The normalized spacial score (nSPS) is 15.7. The van der Waals surface area contributed by atoms with Gasteiger partial charge in [-0.15, -0.1) is 0 Å². The number of benzene rings is 1. The van der Waals surface area contributed by atoms with Gasteiger partial charge in [-0.05, 0) is 31.7 Å². The molecule has 3 rings (SSSR count). The molecule has 0 unspecified atom stereocenters. The van der Waals surface area contributed by atoms with Crippen LogP contribution in [0.5, 0.6) is 0 Å². The largest absolute Gasteiger partial charge is 0.455 e. The number of nitrogens with one attached hydrogen (secondary N) is 2. The third-order valence-corrected chi connectivity index (χ3v) is 4.48. The predicted octanol–water partition coefficient (Wildman–Crippen LogP) is 0.817. The molecule has 1 saturated carbocycles. The van der Waals surface area contributed by atoms with Crippen LogP contribution in [0.4, 0.5) is 0 Å². The molecule has 2 N–H and O–H groups in total. The molecule has 8 nitrogen and oxygen atoms in total. The standard InChI is InChI=1S/C18H18N4O4/c1-18(10-19,11-6-7-11)20-15(23)9-26-16(24)8-14-12-4-2-3-5-13(12)17(25)22-21-14/h2-5,11H,6-9H2,1H3,(H,20,23)(H,22,25)/t18-/m0/s1. The molecule has 1 aliphatic carbocycles. The predicted molar refractivity (Wildman–Crippen MR) is 91.9 cm³/mol. The second kappa shape index (κ2) is 6.96. The van der Waals surface area contributed by atoms with Crippen molar-refractivity contribution in [3.63, 3.8) is 0 Å². The van der Waals surface area contributed by atoms with Crippen LogP contribution in [-0.4, -0.2) is 34.2 Å². The maximum absolute atomic E-state index is 12.0. The van der Waals surface area contributed by atoms with E-state index in [1.165, 1.54) is 0 Å². The number of carbonyl (C=O) groups excluding carboxylic acids is 2. The first-order chi connectivity index (χ1) is 12.4. The highest BCUT2D eigenvalue weighted by atomic mass is 16.5. The molecule has 26 heavy (non-hydrogen) atoms. The van der Waals surface area contributed by atoms with Gasteiger partial charge in [-0.3, -0.25) is 14.4 Å². The number of H-pyrrole nitrogens is 1. The molecule has 1 heterocycles. The van der Waals surface area contributed by atoms with E-state index >= 15 is 0 Å². The minimum atomic E-state index is -0.930. The number of hydrogen-bond acceptors (Lipinski definition) is 6. The van der Waals surface area contributed by atoms with E-state index in [1.54, 1.807) is 31.2 Å². The van der Waals surface area contributed by atoms with Crippen LogP contribution in [0.3, 0.4) is 0 Å².